The lowest BCUT2D eigenvalue weighted by atomic mass is 10.1. The Morgan fingerprint density at radius 2 is 2.11 bits per heavy atom. The van der Waals surface area contributed by atoms with E-state index in [1.54, 1.807) is 23.1 Å². The van der Waals surface area contributed by atoms with Crippen molar-refractivity contribution in [2.75, 3.05) is 0 Å². The first kappa shape index (κ1) is 10.9. The molecular formula is C12H9N3O2S. The van der Waals surface area contributed by atoms with Crippen LogP contribution in [-0.2, 0) is 7.05 Å². The predicted octanol–water partition coefficient (Wildman–Crippen LogP) is 2.40. The smallest absolute Gasteiger partial charge is 0.345 e. The van der Waals surface area contributed by atoms with E-state index < -0.39 is 5.97 Å². The summed E-state index contributed by atoms with van der Waals surface area (Å²) in [6.45, 7) is 0. The maximum atomic E-state index is 11.0. The molecule has 6 heteroatoms. The molecule has 0 bridgehead atoms. The monoisotopic (exact) mass is 259 g/mol. The zero-order valence-corrected chi connectivity index (χ0v) is 10.3. The Balaban J connectivity index is 2.27. The van der Waals surface area contributed by atoms with Crippen LogP contribution in [0.1, 0.15) is 9.67 Å². The Kier molecular flexibility index (Phi) is 2.38. The minimum Gasteiger partial charge on any atom is -0.477 e. The van der Waals surface area contributed by atoms with Gasteiger partial charge in [0.2, 0.25) is 0 Å². The number of hydrogen-bond donors (Lipinski definition) is 1. The molecule has 0 fully saturated rings. The Labute approximate surface area is 106 Å². The second kappa shape index (κ2) is 3.92. The number of rotatable bonds is 2. The maximum absolute atomic E-state index is 11.0. The largest absolute Gasteiger partial charge is 0.477 e. The highest BCUT2D eigenvalue weighted by atomic mass is 32.1. The number of aryl methyl sites for hydroxylation is 1. The summed E-state index contributed by atoms with van der Waals surface area (Å²) in [5, 5.41) is 14.3. The molecule has 3 aromatic heterocycles. The highest BCUT2D eigenvalue weighted by Crippen LogP contribution is 2.33. The van der Waals surface area contributed by atoms with Gasteiger partial charge in [0.25, 0.3) is 0 Å². The molecule has 5 nitrogen and oxygen atoms in total. The van der Waals surface area contributed by atoms with Gasteiger partial charge >= 0.3 is 5.97 Å². The molecule has 0 aliphatic carbocycles. The number of carboxylic acids is 1. The van der Waals surface area contributed by atoms with Crippen molar-refractivity contribution in [1.82, 2.24) is 14.8 Å². The van der Waals surface area contributed by atoms with Gasteiger partial charge in [-0.15, -0.1) is 11.3 Å². The first-order chi connectivity index (χ1) is 8.66. The highest BCUT2D eigenvalue weighted by molar-refractivity contribution is 7.20. The lowest BCUT2D eigenvalue weighted by Crippen LogP contribution is -1.92. The normalized spacial score (nSPS) is 10.9. The SMILES string of the molecule is Cn1nc(-c2ccncc2)c2cc(C(=O)O)sc21. The van der Waals surface area contributed by atoms with Crippen molar-refractivity contribution in [3.05, 3.63) is 35.5 Å². The molecule has 0 radical (unpaired) electrons. The summed E-state index contributed by atoms with van der Waals surface area (Å²) in [7, 11) is 1.81. The zero-order valence-electron chi connectivity index (χ0n) is 9.49. The topological polar surface area (TPSA) is 68.0 Å². The molecule has 0 unspecified atom stereocenters. The molecule has 0 aliphatic rings. The van der Waals surface area contributed by atoms with E-state index in [1.165, 1.54) is 11.3 Å². The molecule has 0 aromatic carbocycles. The number of aromatic carboxylic acids is 1. The van der Waals surface area contributed by atoms with E-state index in [1.807, 2.05) is 19.2 Å². The van der Waals surface area contributed by atoms with Crippen molar-refractivity contribution in [3.63, 3.8) is 0 Å². The maximum Gasteiger partial charge on any atom is 0.345 e. The van der Waals surface area contributed by atoms with Crippen molar-refractivity contribution >= 4 is 27.5 Å². The van der Waals surface area contributed by atoms with E-state index in [4.69, 9.17) is 5.11 Å². The molecule has 0 saturated heterocycles. The summed E-state index contributed by atoms with van der Waals surface area (Å²) < 4.78 is 1.71. The summed E-state index contributed by atoms with van der Waals surface area (Å²) in [4.78, 5) is 16.2. The highest BCUT2D eigenvalue weighted by Gasteiger charge is 2.16. The predicted molar refractivity (Wildman–Crippen MR) is 68.8 cm³/mol. The van der Waals surface area contributed by atoms with Crippen LogP contribution in [0.2, 0.25) is 0 Å². The van der Waals surface area contributed by atoms with Crippen molar-refractivity contribution < 1.29 is 9.90 Å². The Hall–Kier alpha value is -2.21. The second-order valence-corrected chi connectivity index (χ2v) is 4.87. The molecular weight excluding hydrogens is 250 g/mol. The molecule has 18 heavy (non-hydrogen) atoms. The Morgan fingerprint density at radius 1 is 1.39 bits per heavy atom. The van der Waals surface area contributed by atoms with Crippen molar-refractivity contribution in [2.24, 2.45) is 7.05 Å². The summed E-state index contributed by atoms with van der Waals surface area (Å²) in [5.74, 6) is -0.906. The van der Waals surface area contributed by atoms with Crippen LogP contribution < -0.4 is 0 Å². The minimum atomic E-state index is -0.906. The van der Waals surface area contributed by atoms with Crippen LogP contribution in [0.5, 0.6) is 0 Å². The summed E-state index contributed by atoms with van der Waals surface area (Å²) in [5.41, 5.74) is 1.73. The van der Waals surface area contributed by atoms with Gasteiger partial charge in [0, 0.05) is 30.4 Å². The van der Waals surface area contributed by atoms with Gasteiger partial charge in [-0.2, -0.15) is 5.10 Å². The van der Waals surface area contributed by atoms with Gasteiger partial charge in [-0.05, 0) is 18.2 Å². The third kappa shape index (κ3) is 1.58. The van der Waals surface area contributed by atoms with Gasteiger partial charge in [-0.3, -0.25) is 9.67 Å². The van der Waals surface area contributed by atoms with Crippen molar-refractivity contribution in [3.8, 4) is 11.3 Å². The molecule has 0 saturated carbocycles. The summed E-state index contributed by atoms with van der Waals surface area (Å²) >= 11 is 1.23. The Morgan fingerprint density at radius 3 is 2.78 bits per heavy atom. The van der Waals surface area contributed by atoms with E-state index in [0.717, 1.165) is 21.5 Å². The number of pyridine rings is 1. The molecule has 3 heterocycles. The first-order valence-electron chi connectivity index (χ1n) is 5.27. The standard InChI is InChI=1S/C12H9N3O2S/c1-15-11-8(6-9(18-11)12(16)17)10(14-15)7-2-4-13-5-3-7/h2-6H,1H3,(H,16,17). The second-order valence-electron chi connectivity index (χ2n) is 3.84. The molecule has 0 atom stereocenters. The van der Waals surface area contributed by atoms with Gasteiger partial charge in [0.15, 0.2) is 0 Å². The van der Waals surface area contributed by atoms with Crippen LogP contribution in [0.4, 0.5) is 0 Å². The van der Waals surface area contributed by atoms with Crippen LogP contribution in [0.25, 0.3) is 21.5 Å². The van der Waals surface area contributed by atoms with Gasteiger partial charge in [0.05, 0.1) is 0 Å². The first-order valence-corrected chi connectivity index (χ1v) is 6.08. The third-order valence-electron chi connectivity index (χ3n) is 2.68. The number of hydrogen-bond acceptors (Lipinski definition) is 4. The van der Waals surface area contributed by atoms with Gasteiger partial charge in [-0.1, -0.05) is 0 Å². The molecule has 90 valence electrons. The fourth-order valence-corrected chi connectivity index (χ4v) is 2.78. The van der Waals surface area contributed by atoms with Crippen LogP contribution in [0, 0.1) is 0 Å². The van der Waals surface area contributed by atoms with E-state index in [9.17, 15) is 4.79 Å². The lowest BCUT2D eigenvalue weighted by Gasteiger charge is -1.95. The van der Waals surface area contributed by atoms with Crippen LogP contribution >= 0.6 is 11.3 Å². The molecule has 1 N–H and O–H groups in total. The number of fused-ring (bicyclic) bond motifs is 1. The number of carbonyl (C=O) groups is 1. The number of nitrogens with zero attached hydrogens (tertiary/aromatic N) is 3. The van der Waals surface area contributed by atoms with Gasteiger partial charge in [0.1, 0.15) is 15.4 Å². The average Bonchev–Trinajstić information content (AvgIpc) is 2.92. The Bertz CT molecular complexity index is 730. The zero-order chi connectivity index (χ0) is 12.7. The summed E-state index contributed by atoms with van der Waals surface area (Å²) in [6, 6.07) is 5.39. The molecule has 0 amide bonds. The van der Waals surface area contributed by atoms with Gasteiger partial charge < -0.3 is 5.11 Å². The van der Waals surface area contributed by atoms with E-state index >= 15 is 0 Å². The van der Waals surface area contributed by atoms with Gasteiger partial charge in [-0.25, -0.2) is 4.79 Å². The van der Waals surface area contributed by atoms with Crippen molar-refractivity contribution in [1.29, 1.82) is 0 Å². The number of aromatic nitrogens is 3. The third-order valence-corrected chi connectivity index (χ3v) is 3.87. The van der Waals surface area contributed by atoms with E-state index in [2.05, 4.69) is 10.1 Å². The van der Waals surface area contributed by atoms with Crippen LogP contribution in [0.15, 0.2) is 30.6 Å². The van der Waals surface area contributed by atoms with E-state index in [0.29, 0.717) is 4.88 Å². The molecule has 3 rings (SSSR count). The fraction of sp³-hybridized carbons (Fsp3) is 0.0833. The quantitative estimate of drug-likeness (QED) is 0.767. The molecule has 0 aliphatic heterocycles. The van der Waals surface area contributed by atoms with E-state index in [-0.39, 0.29) is 0 Å². The number of thiophene rings is 1. The fourth-order valence-electron chi connectivity index (χ4n) is 1.87. The molecule has 0 spiro atoms. The van der Waals surface area contributed by atoms with Crippen LogP contribution in [-0.4, -0.2) is 25.8 Å². The molecule has 3 aromatic rings. The lowest BCUT2D eigenvalue weighted by molar-refractivity contribution is 0.0702. The van der Waals surface area contributed by atoms with Crippen LogP contribution in [0.3, 0.4) is 0 Å². The minimum absolute atomic E-state index is 0.327. The number of carboxylic acid groups (broad SMARTS) is 1. The average molecular weight is 259 g/mol. The van der Waals surface area contributed by atoms with Crippen molar-refractivity contribution in [2.45, 2.75) is 0 Å². The summed E-state index contributed by atoms with van der Waals surface area (Å²) in [6.07, 6.45) is 3.39.